The van der Waals surface area contributed by atoms with E-state index in [1.54, 1.807) is 30.5 Å². The Kier molecular flexibility index (Phi) is 4.54. The molecule has 1 heterocycles. The van der Waals surface area contributed by atoms with Crippen molar-refractivity contribution in [3.63, 3.8) is 0 Å². The molecule has 1 aromatic heterocycles. The number of phenolic OH excluding ortho intramolecular Hbond substituents is 1. The van der Waals surface area contributed by atoms with Crippen molar-refractivity contribution in [2.45, 2.75) is 0 Å². The Bertz CT molecular complexity index is 1680. The Labute approximate surface area is 193 Å². The van der Waals surface area contributed by atoms with Gasteiger partial charge >= 0.3 is 0 Å². The van der Waals surface area contributed by atoms with Gasteiger partial charge in [-0.15, -0.1) is 0 Å². The highest BCUT2D eigenvalue weighted by molar-refractivity contribution is 6.21. The first-order chi connectivity index (χ1) is 16.5. The molecule has 3 aromatic rings. The summed E-state index contributed by atoms with van der Waals surface area (Å²) in [5.41, 5.74) is 3.20. The number of fused-ring (bicyclic) bond motifs is 4. The number of pyridine rings is 1. The molecule has 0 aliphatic heterocycles. The fraction of sp³-hybridized carbons (Fsp3) is 0. The van der Waals surface area contributed by atoms with E-state index in [9.17, 15) is 30.5 Å². The molecule has 156 valence electrons. The fourth-order valence-corrected chi connectivity index (χ4v) is 4.60. The number of allylic oxidation sites excluding steroid dienone is 5. The number of nitriles is 4. The minimum atomic E-state index is -0.598. The van der Waals surface area contributed by atoms with Gasteiger partial charge in [0.1, 0.15) is 47.0 Å². The van der Waals surface area contributed by atoms with Crippen LogP contribution in [0.1, 0.15) is 22.3 Å². The van der Waals surface area contributed by atoms with Crippen molar-refractivity contribution in [1.29, 1.82) is 21.0 Å². The Balaban J connectivity index is 2.10. The van der Waals surface area contributed by atoms with Gasteiger partial charge in [0.05, 0.1) is 11.3 Å². The first-order valence-corrected chi connectivity index (χ1v) is 9.98. The highest BCUT2D eigenvalue weighted by Crippen LogP contribution is 2.56. The van der Waals surface area contributed by atoms with Gasteiger partial charge in [0.2, 0.25) is 0 Å². The van der Waals surface area contributed by atoms with E-state index in [4.69, 9.17) is 0 Å². The minimum absolute atomic E-state index is 0.0211. The third-order valence-electron chi connectivity index (χ3n) is 5.84. The monoisotopic (exact) mass is 439 g/mol. The number of halogens is 1. The number of aromatic hydroxyl groups is 1. The molecule has 2 aliphatic rings. The Morgan fingerprint density at radius 1 is 0.735 bits per heavy atom. The lowest BCUT2D eigenvalue weighted by Gasteiger charge is -2.12. The zero-order chi connectivity index (χ0) is 24.0. The van der Waals surface area contributed by atoms with Gasteiger partial charge in [0.15, 0.2) is 0 Å². The van der Waals surface area contributed by atoms with Crippen molar-refractivity contribution in [2.24, 2.45) is 0 Å². The number of benzene rings is 2. The Hall–Kier alpha value is -5.50. The predicted octanol–water partition coefficient (Wildman–Crippen LogP) is 5.02. The van der Waals surface area contributed by atoms with Gasteiger partial charge in [-0.2, -0.15) is 21.0 Å². The van der Waals surface area contributed by atoms with Crippen molar-refractivity contribution in [3.8, 4) is 41.3 Å². The van der Waals surface area contributed by atoms with Crippen molar-refractivity contribution >= 4 is 16.7 Å². The zero-order valence-electron chi connectivity index (χ0n) is 17.3. The summed E-state index contributed by atoms with van der Waals surface area (Å²) in [4.78, 5) is 4.42. The summed E-state index contributed by atoms with van der Waals surface area (Å²) in [6, 6.07) is 19.7. The Morgan fingerprint density at radius 3 is 2.06 bits per heavy atom. The lowest BCUT2D eigenvalue weighted by atomic mass is 9.88. The van der Waals surface area contributed by atoms with Gasteiger partial charge in [-0.05, 0) is 41.0 Å². The van der Waals surface area contributed by atoms with Crippen molar-refractivity contribution < 1.29 is 9.50 Å². The quantitative estimate of drug-likeness (QED) is 0.383. The predicted molar refractivity (Wildman–Crippen MR) is 120 cm³/mol. The van der Waals surface area contributed by atoms with Crippen LogP contribution in [-0.2, 0) is 0 Å². The van der Waals surface area contributed by atoms with Crippen LogP contribution in [0.5, 0.6) is 5.75 Å². The van der Waals surface area contributed by atoms with Gasteiger partial charge in [0.25, 0.3) is 0 Å². The van der Waals surface area contributed by atoms with Crippen LogP contribution in [0.4, 0.5) is 4.39 Å². The molecule has 1 N–H and O–H groups in total. The van der Waals surface area contributed by atoms with Crippen LogP contribution in [-0.4, -0.2) is 10.1 Å². The summed E-state index contributed by atoms with van der Waals surface area (Å²) in [6.07, 6.45) is 1.57. The van der Waals surface area contributed by atoms with E-state index in [0.29, 0.717) is 33.5 Å². The second kappa shape index (κ2) is 7.57. The van der Waals surface area contributed by atoms with Crippen molar-refractivity contribution in [2.75, 3.05) is 0 Å². The summed E-state index contributed by atoms with van der Waals surface area (Å²) in [6.45, 7) is 0. The maximum absolute atomic E-state index is 14.3. The topological polar surface area (TPSA) is 128 Å². The second-order valence-corrected chi connectivity index (χ2v) is 7.49. The number of rotatable bonds is 0. The average molecular weight is 439 g/mol. The maximum atomic E-state index is 14.3. The van der Waals surface area contributed by atoms with E-state index < -0.39 is 5.82 Å². The molecule has 0 fully saturated rings. The SMILES string of the molecule is N#CC(C#N)=C1/C(=C2\c3cccnc3-c3c(O)cccc32)C(=C(C#N)C#N)c2cc(F)ccc21. The van der Waals surface area contributed by atoms with Crippen LogP contribution in [0.3, 0.4) is 0 Å². The highest BCUT2D eigenvalue weighted by atomic mass is 19.1. The maximum Gasteiger partial charge on any atom is 0.138 e. The van der Waals surface area contributed by atoms with E-state index >= 15 is 0 Å². The normalized spacial score (nSPS) is 14.7. The first-order valence-electron chi connectivity index (χ1n) is 9.98. The van der Waals surface area contributed by atoms with E-state index in [1.807, 2.05) is 24.3 Å². The molecule has 0 atom stereocenters. The highest BCUT2D eigenvalue weighted by Gasteiger charge is 2.39. The number of hydrogen-bond acceptors (Lipinski definition) is 6. The average Bonchev–Trinajstić information content (AvgIpc) is 3.34. The Morgan fingerprint density at radius 2 is 1.38 bits per heavy atom. The molecule has 34 heavy (non-hydrogen) atoms. The lowest BCUT2D eigenvalue weighted by molar-refractivity contribution is 0.477. The molecular weight excluding hydrogens is 429 g/mol. The van der Waals surface area contributed by atoms with Gasteiger partial charge in [-0.25, -0.2) is 4.39 Å². The first kappa shape index (κ1) is 20.4. The van der Waals surface area contributed by atoms with Crippen LogP contribution in [0.2, 0.25) is 0 Å². The summed E-state index contributed by atoms with van der Waals surface area (Å²) in [5, 5.41) is 49.7. The van der Waals surface area contributed by atoms with E-state index in [2.05, 4.69) is 4.98 Å². The van der Waals surface area contributed by atoms with Crippen LogP contribution >= 0.6 is 0 Å². The smallest absolute Gasteiger partial charge is 0.138 e. The third-order valence-corrected chi connectivity index (χ3v) is 5.84. The van der Waals surface area contributed by atoms with Crippen molar-refractivity contribution in [1.82, 2.24) is 4.98 Å². The van der Waals surface area contributed by atoms with Crippen LogP contribution in [0.25, 0.3) is 28.0 Å². The lowest BCUT2D eigenvalue weighted by Crippen LogP contribution is -1.96. The number of nitrogens with zero attached hydrogens (tertiary/aromatic N) is 5. The summed E-state index contributed by atoms with van der Waals surface area (Å²) < 4.78 is 14.3. The van der Waals surface area contributed by atoms with Crippen LogP contribution in [0, 0.1) is 51.1 Å². The number of hydrogen-bond donors (Lipinski definition) is 1. The van der Waals surface area contributed by atoms with Gasteiger partial charge in [-0.1, -0.05) is 24.3 Å². The molecule has 0 spiro atoms. The van der Waals surface area contributed by atoms with E-state index in [0.717, 1.165) is 0 Å². The third kappa shape index (κ3) is 2.66. The van der Waals surface area contributed by atoms with Crippen LogP contribution < -0.4 is 0 Å². The minimum Gasteiger partial charge on any atom is -0.507 e. The zero-order valence-corrected chi connectivity index (χ0v) is 17.3. The fourth-order valence-electron chi connectivity index (χ4n) is 4.60. The number of phenols is 1. The summed E-state index contributed by atoms with van der Waals surface area (Å²) in [7, 11) is 0. The molecule has 0 saturated heterocycles. The molecule has 0 bridgehead atoms. The molecule has 7 heteroatoms. The molecule has 0 unspecified atom stereocenters. The van der Waals surface area contributed by atoms with Crippen LogP contribution in [0.15, 0.2) is 71.4 Å². The van der Waals surface area contributed by atoms with Gasteiger partial charge < -0.3 is 5.11 Å². The molecule has 5 rings (SSSR count). The molecule has 0 radical (unpaired) electrons. The molecular formula is C27H10FN5O. The summed E-state index contributed by atoms with van der Waals surface area (Å²) in [5.74, 6) is -0.619. The van der Waals surface area contributed by atoms with Gasteiger partial charge in [0, 0.05) is 34.1 Å². The molecule has 0 amide bonds. The molecule has 6 nitrogen and oxygen atoms in total. The van der Waals surface area contributed by atoms with Gasteiger partial charge in [-0.3, -0.25) is 4.98 Å². The molecule has 2 aliphatic carbocycles. The van der Waals surface area contributed by atoms with E-state index in [1.165, 1.54) is 24.3 Å². The van der Waals surface area contributed by atoms with Crippen molar-refractivity contribution in [3.05, 3.63) is 99.5 Å². The second-order valence-electron chi connectivity index (χ2n) is 7.49. The summed E-state index contributed by atoms with van der Waals surface area (Å²) >= 11 is 0. The molecule has 2 aromatic carbocycles. The molecule has 0 saturated carbocycles. The van der Waals surface area contributed by atoms with E-state index in [-0.39, 0.29) is 39.2 Å². The largest absolute Gasteiger partial charge is 0.507 e. The standard InChI is InChI=1S/C27H10FN5O/c28-16-6-7-17-20(9-16)23(15(12-31)13-32)26(22(17)14(10-29)11-30)24-18-3-1-5-21(34)25(18)27-19(24)4-2-8-33-27/h1-9,34H/b26-24+. The number of aromatic nitrogens is 1.